The highest BCUT2D eigenvalue weighted by molar-refractivity contribution is 4.84. The Morgan fingerprint density at radius 3 is 1.23 bits per heavy atom. The molecule has 13 heavy (non-hydrogen) atoms. The summed E-state index contributed by atoms with van der Waals surface area (Å²) in [7, 11) is 2.37. The summed E-state index contributed by atoms with van der Waals surface area (Å²) in [5.74, 6) is 0. The van der Waals surface area contributed by atoms with Crippen LogP contribution in [0.2, 0.25) is 0 Å². The smallest absolute Gasteiger partial charge is 0.0981 e. The highest BCUT2D eigenvalue weighted by atomic mass is 15.4. The summed E-state index contributed by atoms with van der Waals surface area (Å²) >= 11 is 0. The fraction of sp³-hybridized carbons (Fsp3) is 1.00. The zero-order valence-electron chi connectivity index (χ0n) is 10.9. The lowest BCUT2D eigenvalue weighted by atomic mass is 9.73. The van der Waals surface area contributed by atoms with Gasteiger partial charge in [0.2, 0.25) is 0 Å². The van der Waals surface area contributed by atoms with Crippen molar-refractivity contribution in [2.45, 2.75) is 54.0 Å². The van der Waals surface area contributed by atoms with Gasteiger partial charge in [0.05, 0.1) is 25.7 Å². The lowest BCUT2D eigenvalue weighted by Gasteiger charge is -2.53. The van der Waals surface area contributed by atoms with Crippen molar-refractivity contribution in [3.8, 4) is 0 Å². The number of hydrogen-bond donors (Lipinski definition) is 0. The minimum Gasteiger partial charge on any atom is -0.322 e. The number of quaternary nitrogens is 1. The molecule has 0 saturated heterocycles. The lowest BCUT2D eigenvalue weighted by Crippen LogP contribution is -2.64. The Balaban J connectivity index is 5.00. The highest BCUT2D eigenvalue weighted by Gasteiger charge is 2.46. The molecule has 0 aromatic carbocycles. The lowest BCUT2D eigenvalue weighted by molar-refractivity contribution is -0.960. The van der Waals surface area contributed by atoms with Crippen LogP contribution < -0.4 is 0 Å². The van der Waals surface area contributed by atoms with Crippen LogP contribution in [0.5, 0.6) is 0 Å². The molecule has 0 saturated carbocycles. The summed E-state index contributed by atoms with van der Waals surface area (Å²) in [6.45, 7) is 18.8. The van der Waals surface area contributed by atoms with Crippen molar-refractivity contribution >= 4 is 0 Å². The van der Waals surface area contributed by atoms with Crippen LogP contribution >= 0.6 is 0 Å². The van der Waals surface area contributed by atoms with E-state index in [1.165, 1.54) is 13.1 Å². The molecule has 0 spiro atoms. The predicted octanol–water partition coefficient (Wildman–Crippen LogP) is 3.30. The van der Waals surface area contributed by atoms with Gasteiger partial charge < -0.3 is 4.48 Å². The third kappa shape index (κ3) is 2.07. The van der Waals surface area contributed by atoms with E-state index in [2.05, 4.69) is 55.5 Å². The Hall–Kier alpha value is -0.0400. The van der Waals surface area contributed by atoms with Crippen molar-refractivity contribution in [1.29, 1.82) is 0 Å². The van der Waals surface area contributed by atoms with Crippen LogP contribution in [0, 0.1) is 5.41 Å². The van der Waals surface area contributed by atoms with Gasteiger partial charge in [-0.15, -0.1) is 0 Å². The summed E-state index contributed by atoms with van der Waals surface area (Å²) in [5, 5.41) is 0. The van der Waals surface area contributed by atoms with Gasteiger partial charge in [0, 0.05) is 5.41 Å². The first kappa shape index (κ1) is 13.0. The van der Waals surface area contributed by atoms with E-state index in [9.17, 15) is 0 Å². The largest absolute Gasteiger partial charge is 0.322 e. The van der Waals surface area contributed by atoms with Gasteiger partial charge in [-0.05, 0) is 27.7 Å². The Labute approximate surface area is 84.7 Å². The van der Waals surface area contributed by atoms with Gasteiger partial charge in [0.1, 0.15) is 0 Å². The molecular formula is C12H28N+. The Kier molecular flexibility index (Phi) is 3.59. The molecule has 0 heterocycles. The summed E-state index contributed by atoms with van der Waals surface area (Å²) in [6.07, 6.45) is 0. The van der Waals surface area contributed by atoms with Gasteiger partial charge in [-0.2, -0.15) is 0 Å². The van der Waals surface area contributed by atoms with Crippen LogP contribution in [0.1, 0.15) is 48.5 Å². The normalized spacial score (nSPS) is 14.8. The van der Waals surface area contributed by atoms with Crippen molar-refractivity contribution in [3.05, 3.63) is 0 Å². The van der Waals surface area contributed by atoms with Crippen molar-refractivity contribution in [2.24, 2.45) is 5.41 Å². The van der Waals surface area contributed by atoms with E-state index >= 15 is 0 Å². The van der Waals surface area contributed by atoms with E-state index in [-0.39, 0.29) is 0 Å². The van der Waals surface area contributed by atoms with Crippen LogP contribution in [-0.2, 0) is 0 Å². The first-order chi connectivity index (χ1) is 5.62. The number of nitrogens with zero attached hydrogens (tertiary/aromatic N) is 1. The summed E-state index contributed by atoms with van der Waals surface area (Å²) in [4.78, 5) is 0. The maximum Gasteiger partial charge on any atom is 0.0981 e. The van der Waals surface area contributed by atoms with Crippen LogP contribution in [0.3, 0.4) is 0 Å². The molecule has 0 aliphatic rings. The zero-order valence-corrected chi connectivity index (χ0v) is 10.9. The van der Waals surface area contributed by atoms with Gasteiger partial charge in [-0.25, -0.2) is 0 Å². The third-order valence-electron chi connectivity index (χ3n) is 4.58. The maximum atomic E-state index is 2.39. The first-order valence-electron chi connectivity index (χ1n) is 5.47. The second-order valence-electron chi connectivity index (χ2n) is 5.84. The van der Waals surface area contributed by atoms with Gasteiger partial charge in [-0.3, -0.25) is 0 Å². The van der Waals surface area contributed by atoms with E-state index in [4.69, 9.17) is 0 Å². The van der Waals surface area contributed by atoms with E-state index in [1.54, 1.807) is 0 Å². The van der Waals surface area contributed by atoms with Gasteiger partial charge in [0.15, 0.2) is 0 Å². The van der Waals surface area contributed by atoms with Crippen LogP contribution in [0.25, 0.3) is 0 Å². The fourth-order valence-electron chi connectivity index (χ4n) is 1.82. The van der Waals surface area contributed by atoms with Gasteiger partial charge >= 0.3 is 0 Å². The monoisotopic (exact) mass is 186 g/mol. The minimum absolute atomic E-state index is 0.330. The van der Waals surface area contributed by atoms with Gasteiger partial charge in [0.25, 0.3) is 0 Å². The molecule has 0 atom stereocenters. The van der Waals surface area contributed by atoms with Crippen molar-refractivity contribution in [3.63, 3.8) is 0 Å². The van der Waals surface area contributed by atoms with E-state index in [0.717, 1.165) is 4.48 Å². The second-order valence-corrected chi connectivity index (χ2v) is 5.84. The molecule has 0 aromatic rings. The molecule has 1 nitrogen and oxygen atoms in total. The molecule has 0 amide bonds. The van der Waals surface area contributed by atoms with Gasteiger partial charge in [-0.1, -0.05) is 20.8 Å². The highest BCUT2D eigenvalue weighted by Crippen LogP contribution is 2.38. The molecule has 80 valence electrons. The maximum absolute atomic E-state index is 2.39. The molecule has 0 radical (unpaired) electrons. The Morgan fingerprint density at radius 2 is 1.15 bits per heavy atom. The molecule has 0 aromatic heterocycles. The summed E-state index contributed by atoms with van der Waals surface area (Å²) in [5.41, 5.74) is 0.685. The van der Waals surface area contributed by atoms with Crippen molar-refractivity contribution < 1.29 is 4.48 Å². The molecule has 0 aliphatic carbocycles. The SMILES string of the molecule is CC[N+](C)(CC)C(C)(C)C(C)(C)C. The molecule has 0 aliphatic heterocycles. The predicted molar refractivity (Wildman–Crippen MR) is 60.8 cm³/mol. The van der Waals surface area contributed by atoms with Crippen molar-refractivity contribution in [2.75, 3.05) is 20.1 Å². The zero-order chi connectivity index (χ0) is 10.9. The van der Waals surface area contributed by atoms with Crippen molar-refractivity contribution in [1.82, 2.24) is 0 Å². The third-order valence-corrected chi connectivity index (χ3v) is 4.58. The topological polar surface area (TPSA) is 0 Å². The first-order valence-corrected chi connectivity index (χ1v) is 5.47. The summed E-state index contributed by atoms with van der Waals surface area (Å²) in [6, 6.07) is 0. The molecule has 0 N–H and O–H groups in total. The molecule has 0 fully saturated rings. The van der Waals surface area contributed by atoms with E-state index in [0.29, 0.717) is 11.0 Å². The second kappa shape index (κ2) is 3.61. The molecule has 0 bridgehead atoms. The standard InChI is InChI=1S/C12H28N/c1-9-13(8,10-2)12(6,7)11(3,4)5/h9-10H2,1-8H3/q+1. The summed E-state index contributed by atoms with van der Waals surface area (Å²) < 4.78 is 1.15. The Morgan fingerprint density at radius 1 is 0.846 bits per heavy atom. The van der Waals surface area contributed by atoms with Crippen LogP contribution in [0.15, 0.2) is 0 Å². The number of hydrogen-bond acceptors (Lipinski definition) is 0. The van der Waals surface area contributed by atoms with E-state index in [1.807, 2.05) is 0 Å². The Bertz CT molecular complexity index is 158. The average molecular weight is 186 g/mol. The molecule has 0 unspecified atom stereocenters. The van der Waals surface area contributed by atoms with E-state index < -0.39 is 0 Å². The fourth-order valence-corrected chi connectivity index (χ4v) is 1.82. The molecular weight excluding hydrogens is 158 g/mol. The molecule has 0 rings (SSSR count). The molecule has 1 heteroatoms. The van der Waals surface area contributed by atoms with Crippen LogP contribution in [0.4, 0.5) is 0 Å². The number of rotatable bonds is 3. The average Bonchev–Trinajstić information content (AvgIpc) is 2.00. The van der Waals surface area contributed by atoms with Crippen LogP contribution in [-0.4, -0.2) is 30.2 Å². The minimum atomic E-state index is 0.330. The quantitative estimate of drug-likeness (QED) is 0.593.